The Hall–Kier alpha value is -2.74. The van der Waals surface area contributed by atoms with Crippen molar-refractivity contribution in [1.29, 1.82) is 0 Å². The monoisotopic (exact) mass is 567 g/mol. The SMILES string of the molecule is CC.CC.CCC.Cc1cnc2[nH]c3c(OCC(O)CN(C)C)ccc(-c4cccc(S(=O)C5CC5)c4)c3c2c1. The number of hydrogen-bond donors (Lipinski definition) is 2. The topological polar surface area (TPSA) is 78.5 Å². The third kappa shape index (κ3) is 8.63. The molecule has 2 N–H and O–H groups in total. The lowest BCUT2D eigenvalue weighted by Gasteiger charge is -2.17. The van der Waals surface area contributed by atoms with Crippen LogP contribution in [0.15, 0.2) is 53.6 Å². The van der Waals surface area contributed by atoms with E-state index < -0.39 is 16.9 Å². The molecule has 0 bridgehead atoms. The molecule has 0 amide bonds. The Balaban J connectivity index is 0.000000737. The van der Waals surface area contributed by atoms with E-state index in [2.05, 4.69) is 35.9 Å². The highest BCUT2D eigenvalue weighted by Gasteiger charge is 2.29. The average molecular weight is 568 g/mol. The van der Waals surface area contributed by atoms with Gasteiger partial charge < -0.3 is 19.7 Å². The van der Waals surface area contributed by atoms with Gasteiger partial charge in [-0.3, -0.25) is 4.21 Å². The Morgan fingerprint density at radius 3 is 2.40 bits per heavy atom. The van der Waals surface area contributed by atoms with Crippen LogP contribution < -0.4 is 4.74 Å². The number of hydrogen-bond acceptors (Lipinski definition) is 5. The van der Waals surface area contributed by atoms with Crippen LogP contribution >= 0.6 is 0 Å². The second kappa shape index (κ2) is 16.5. The zero-order valence-corrected chi connectivity index (χ0v) is 26.7. The summed E-state index contributed by atoms with van der Waals surface area (Å²) in [6.07, 6.45) is 4.59. The van der Waals surface area contributed by atoms with E-state index in [-0.39, 0.29) is 6.61 Å². The van der Waals surface area contributed by atoms with Crippen LogP contribution in [0.4, 0.5) is 0 Å². The molecule has 7 heteroatoms. The van der Waals surface area contributed by atoms with Crippen molar-refractivity contribution >= 4 is 32.7 Å². The van der Waals surface area contributed by atoms with Crippen molar-refractivity contribution in [3.63, 3.8) is 0 Å². The molecule has 40 heavy (non-hydrogen) atoms. The lowest BCUT2D eigenvalue weighted by molar-refractivity contribution is 0.0837. The normalized spacial score (nSPS) is 13.9. The number of aromatic nitrogens is 2. The molecule has 220 valence electrons. The predicted octanol–water partition coefficient (Wildman–Crippen LogP) is 7.73. The van der Waals surface area contributed by atoms with Crippen LogP contribution in [0.5, 0.6) is 5.75 Å². The number of aryl methyl sites for hydroxylation is 1. The van der Waals surface area contributed by atoms with E-state index >= 15 is 0 Å². The first kappa shape index (κ1) is 33.5. The number of H-pyrrole nitrogens is 1. The Morgan fingerprint density at radius 2 is 1.77 bits per heavy atom. The minimum atomic E-state index is -0.957. The number of rotatable bonds is 8. The largest absolute Gasteiger partial charge is 0.489 e. The third-order valence-corrected chi connectivity index (χ3v) is 7.71. The summed E-state index contributed by atoms with van der Waals surface area (Å²) in [5.74, 6) is 0.680. The quantitative estimate of drug-likeness (QED) is 0.228. The highest BCUT2D eigenvalue weighted by atomic mass is 32.2. The van der Waals surface area contributed by atoms with Gasteiger partial charge >= 0.3 is 0 Å². The zero-order valence-electron chi connectivity index (χ0n) is 25.9. The van der Waals surface area contributed by atoms with Gasteiger partial charge in [-0.15, -0.1) is 0 Å². The summed E-state index contributed by atoms with van der Waals surface area (Å²) in [5, 5.41) is 12.6. The van der Waals surface area contributed by atoms with Crippen molar-refractivity contribution in [2.24, 2.45) is 0 Å². The number of pyridine rings is 1. The van der Waals surface area contributed by atoms with Crippen LogP contribution in [-0.2, 0) is 10.8 Å². The van der Waals surface area contributed by atoms with E-state index in [4.69, 9.17) is 4.74 Å². The number of aliphatic hydroxyl groups is 1. The number of nitrogens with zero attached hydrogens (tertiary/aromatic N) is 2. The summed E-state index contributed by atoms with van der Waals surface area (Å²) in [7, 11) is 2.89. The molecule has 4 aromatic rings. The van der Waals surface area contributed by atoms with Crippen LogP contribution in [0.1, 0.15) is 66.4 Å². The Labute approximate surface area is 243 Å². The van der Waals surface area contributed by atoms with Crippen molar-refractivity contribution in [2.75, 3.05) is 27.2 Å². The number of fused-ring (bicyclic) bond motifs is 3. The van der Waals surface area contributed by atoms with Gasteiger partial charge in [-0.25, -0.2) is 4.98 Å². The highest BCUT2D eigenvalue weighted by molar-refractivity contribution is 7.86. The van der Waals surface area contributed by atoms with E-state index in [1.165, 1.54) is 6.42 Å². The standard InChI is InChI=1S/C26H29N3O3S.C3H8.2C2H6/c1-16-11-22-24-21(17-5-4-6-20(12-17)33(31)19-7-8-19)9-10-23(25(24)28-26(22)27-13-16)32-15-18(30)14-29(2)3;1-3-2;2*1-2/h4-6,9-13,18-19,30H,7-8,14-15H2,1-3H3,(H,27,28);3H2,1-2H3;2*1-2H3. The molecule has 1 aliphatic rings. The second-order valence-electron chi connectivity index (χ2n) is 9.85. The fraction of sp³-hybridized carbons (Fsp3) is 0.485. The maximum absolute atomic E-state index is 12.8. The number of aromatic amines is 1. The van der Waals surface area contributed by atoms with Crippen LogP contribution in [0.2, 0.25) is 0 Å². The fourth-order valence-corrected chi connectivity index (χ4v) is 5.65. The molecule has 0 saturated heterocycles. The molecule has 2 unspecified atom stereocenters. The second-order valence-corrected chi connectivity index (χ2v) is 11.6. The van der Waals surface area contributed by atoms with Crippen molar-refractivity contribution in [3.8, 4) is 16.9 Å². The van der Waals surface area contributed by atoms with Gasteiger partial charge in [0.15, 0.2) is 0 Å². The van der Waals surface area contributed by atoms with Crippen molar-refractivity contribution in [3.05, 3.63) is 54.2 Å². The predicted molar refractivity (Wildman–Crippen MR) is 172 cm³/mol. The van der Waals surface area contributed by atoms with Crippen LogP contribution in [0, 0.1) is 6.92 Å². The van der Waals surface area contributed by atoms with Gasteiger partial charge in [0.05, 0.1) is 16.3 Å². The molecule has 5 rings (SSSR count). The minimum absolute atomic E-state index is 0.199. The van der Waals surface area contributed by atoms with Crippen molar-refractivity contribution in [2.45, 2.75) is 84.0 Å². The first-order valence-corrected chi connectivity index (χ1v) is 15.9. The Kier molecular flexibility index (Phi) is 13.8. The van der Waals surface area contributed by atoms with E-state index in [1.54, 1.807) is 0 Å². The van der Waals surface area contributed by atoms with Crippen molar-refractivity contribution in [1.82, 2.24) is 14.9 Å². The summed E-state index contributed by atoms with van der Waals surface area (Å²) < 4.78 is 18.8. The molecule has 0 spiro atoms. The smallest absolute Gasteiger partial charge is 0.143 e. The number of likely N-dealkylation sites (N-methyl/N-ethyl adjacent to an activating group) is 1. The summed E-state index contributed by atoms with van der Waals surface area (Å²) in [6.45, 7) is 15.0. The molecular weight excluding hydrogens is 518 g/mol. The molecule has 1 fully saturated rings. The van der Waals surface area contributed by atoms with Crippen molar-refractivity contribution < 1.29 is 14.1 Å². The highest BCUT2D eigenvalue weighted by Crippen LogP contribution is 2.40. The van der Waals surface area contributed by atoms with Gasteiger partial charge in [-0.2, -0.15) is 0 Å². The van der Waals surface area contributed by atoms with E-state index in [9.17, 15) is 9.32 Å². The number of benzene rings is 2. The molecule has 2 atom stereocenters. The lowest BCUT2D eigenvalue weighted by atomic mass is 9.99. The number of aliphatic hydroxyl groups excluding tert-OH is 1. The maximum atomic E-state index is 12.8. The van der Waals surface area contributed by atoms with Gasteiger partial charge in [0, 0.05) is 33.7 Å². The first-order chi connectivity index (χ1) is 19.3. The number of ether oxygens (including phenoxy) is 1. The summed E-state index contributed by atoms with van der Waals surface area (Å²) in [4.78, 5) is 10.8. The molecule has 2 aromatic heterocycles. The summed E-state index contributed by atoms with van der Waals surface area (Å²) >= 11 is 0. The average Bonchev–Trinajstić information content (AvgIpc) is 3.74. The molecule has 6 nitrogen and oxygen atoms in total. The van der Waals surface area contributed by atoms with Crippen LogP contribution in [0.25, 0.3) is 33.1 Å². The van der Waals surface area contributed by atoms with E-state index in [1.807, 2.05) is 90.1 Å². The van der Waals surface area contributed by atoms with Gasteiger partial charge in [-0.05, 0) is 80.9 Å². The molecule has 2 heterocycles. The maximum Gasteiger partial charge on any atom is 0.143 e. The van der Waals surface area contributed by atoms with Gasteiger partial charge in [0.25, 0.3) is 0 Å². The fourth-order valence-electron chi connectivity index (χ4n) is 4.25. The molecule has 2 aromatic carbocycles. The van der Waals surface area contributed by atoms with Crippen LogP contribution in [0.3, 0.4) is 0 Å². The van der Waals surface area contributed by atoms with Gasteiger partial charge in [-0.1, -0.05) is 60.1 Å². The molecule has 1 aliphatic carbocycles. The van der Waals surface area contributed by atoms with Gasteiger partial charge in [0.2, 0.25) is 0 Å². The zero-order chi connectivity index (χ0) is 29.8. The molecule has 0 aliphatic heterocycles. The summed E-state index contributed by atoms with van der Waals surface area (Å²) in [6, 6.07) is 14.2. The molecular formula is C33H49N3O3S. The first-order valence-electron chi connectivity index (χ1n) is 14.7. The Bertz CT molecular complexity index is 1360. The van der Waals surface area contributed by atoms with Gasteiger partial charge in [0.1, 0.15) is 24.1 Å². The third-order valence-electron chi connectivity index (χ3n) is 5.92. The lowest BCUT2D eigenvalue weighted by Crippen LogP contribution is -2.30. The summed E-state index contributed by atoms with van der Waals surface area (Å²) in [5.41, 5.74) is 4.78. The Morgan fingerprint density at radius 1 is 1.10 bits per heavy atom. The van der Waals surface area contributed by atoms with Crippen LogP contribution in [-0.4, -0.2) is 62.8 Å². The molecule has 0 radical (unpaired) electrons. The number of nitrogens with one attached hydrogen (secondary N) is 1. The van der Waals surface area contributed by atoms with E-state index in [0.717, 1.165) is 56.4 Å². The van der Waals surface area contributed by atoms with E-state index in [0.29, 0.717) is 17.5 Å². The molecule has 1 saturated carbocycles. The minimum Gasteiger partial charge on any atom is -0.489 e.